The highest BCUT2D eigenvalue weighted by atomic mass is 19.1. The first kappa shape index (κ1) is 32.5. The van der Waals surface area contributed by atoms with Gasteiger partial charge in [0, 0.05) is 61.9 Å². The summed E-state index contributed by atoms with van der Waals surface area (Å²) >= 11 is 0. The number of halogens is 1. The van der Waals surface area contributed by atoms with Crippen molar-refractivity contribution in [2.24, 2.45) is 0 Å². The molecular weight excluding hydrogens is 637 g/mol. The van der Waals surface area contributed by atoms with Crippen LogP contribution in [-0.2, 0) is 16.1 Å². The zero-order valence-corrected chi connectivity index (χ0v) is 28.0. The number of aromatic amines is 1. The number of hydrogen-bond donors (Lipinski definition) is 3. The number of benzene rings is 1. The lowest BCUT2D eigenvalue weighted by atomic mass is 10.0. The summed E-state index contributed by atoms with van der Waals surface area (Å²) in [4.78, 5) is 49.5. The van der Waals surface area contributed by atoms with Crippen molar-refractivity contribution in [1.29, 1.82) is 0 Å². The number of carbonyl (C=O) groups is 2. The summed E-state index contributed by atoms with van der Waals surface area (Å²) < 4.78 is 18.9. The van der Waals surface area contributed by atoms with Crippen molar-refractivity contribution in [3.8, 4) is 11.3 Å². The second kappa shape index (κ2) is 13.9. The van der Waals surface area contributed by atoms with Crippen LogP contribution in [0.3, 0.4) is 0 Å². The van der Waals surface area contributed by atoms with Gasteiger partial charge < -0.3 is 25.3 Å². The Balaban J connectivity index is 0.871. The zero-order valence-electron chi connectivity index (χ0n) is 28.0. The summed E-state index contributed by atoms with van der Waals surface area (Å²) in [7, 11) is 0. The van der Waals surface area contributed by atoms with Crippen LogP contribution in [0.1, 0.15) is 41.7 Å². The van der Waals surface area contributed by atoms with E-state index >= 15 is 0 Å². The number of alkyl halides is 1. The SMILES string of the molecule is C=C(CN1CC(F)C1)C(=O)N[C@@H]1CCCN(Cc2ccnc(C(=O)Nc3ccc(-c4cc5c(N6[C@@H]7CC[C@H]6COC7)ncnc5[nH]4)cc3)c2)C1. The molecule has 3 atom stereocenters. The van der Waals surface area contributed by atoms with Gasteiger partial charge in [0.2, 0.25) is 5.91 Å². The minimum Gasteiger partial charge on any atom is -0.377 e. The standard InChI is InChI=1S/C37H42FN9O3/c1-23(15-46-17-26(38)18-46)36(48)43-28-3-2-12-45(19-28)16-24-10-11-39-33(13-24)37(49)42-27-6-4-25(5-7-27)32-14-31-34(44-32)40-22-41-35(31)47-29-8-9-30(47)21-50-20-29/h4-7,10-11,13-14,22,26,28-30H,1-3,8-9,12,15-21H2,(H,42,49)(H,43,48)(H,40,41,44)/t28-,29-,30+/m1/s1. The molecule has 4 fully saturated rings. The Morgan fingerprint density at radius 1 is 0.980 bits per heavy atom. The maximum Gasteiger partial charge on any atom is 0.274 e. The van der Waals surface area contributed by atoms with Gasteiger partial charge in [-0.25, -0.2) is 14.4 Å². The number of hydrogen-bond acceptors (Lipinski definition) is 9. The van der Waals surface area contributed by atoms with Gasteiger partial charge in [0.05, 0.1) is 30.7 Å². The van der Waals surface area contributed by atoms with Crippen molar-refractivity contribution in [3.63, 3.8) is 0 Å². The van der Waals surface area contributed by atoms with Crippen LogP contribution in [0.5, 0.6) is 0 Å². The summed E-state index contributed by atoms with van der Waals surface area (Å²) in [5.41, 5.74) is 5.15. The Hall–Kier alpha value is -4.72. The number of ether oxygens (including phenoxy) is 1. The number of piperidine rings is 1. The molecule has 4 saturated heterocycles. The molecule has 1 aromatic carbocycles. The fourth-order valence-corrected chi connectivity index (χ4v) is 7.73. The number of carbonyl (C=O) groups excluding carboxylic acids is 2. The average Bonchev–Trinajstić information content (AvgIpc) is 3.65. The van der Waals surface area contributed by atoms with Gasteiger partial charge in [0.25, 0.3) is 5.91 Å². The number of amides is 2. The van der Waals surface area contributed by atoms with Crippen molar-refractivity contribution in [2.45, 2.75) is 56.5 Å². The zero-order chi connectivity index (χ0) is 34.2. The molecule has 2 amide bonds. The number of morpholine rings is 1. The fraction of sp³-hybridized carbons (Fsp3) is 0.432. The predicted octanol–water partition coefficient (Wildman–Crippen LogP) is 3.93. The van der Waals surface area contributed by atoms with E-state index < -0.39 is 6.17 Å². The van der Waals surface area contributed by atoms with Crippen LogP contribution < -0.4 is 15.5 Å². The molecule has 0 spiro atoms. The second-order valence-corrected chi connectivity index (χ2v) is 14.0. The molecule has 4 aromatic rings. The molecule has 260 valence electrons. The van der Waals surface area contributed by atoms with Crippen LogP contribution in [0.25, 0.3) is 22.3 Å². The van der Waals surface area contributed by atoms with Crippen molar-refractivity contribution >= 4 is 34.4 Å². The van der Waals surface area contributed by atoms with E-state index in [1.165, 1.54) is 0 Å². The van der Waals surface area contributed by atoms with Crippen LogP contribution in [0.4, 0.5) is 15.9 Å². The molecule has 0 aliphatic carbocycles. The molecule has 7 heterocycles. The molecule has 4 aliphatic rings. The number of H-pyrrole nitrogens is 1. The number of pyridine rings is 1. The van der Waals surface area contributed by atoms with Gasteiger partial charge in [-0.2, -0.15) is 0 Å². The largest absolute Gasteiger partial charge is 0.377 e. The third-order valence-electron chi connectivity index (χ3n) is 10.3. The normalized spacial score (nSPS) is 22.7. The molecule has 0 saturated carbocycles. The highest BCUT2D eigenvalue weighted by Crippen LogP contribution is 2.37. The minimum atomic E-state index is -0.803. The van der Waals surface area contributed by atoms with Crippen molar-refractivity contribution in [3.05, 3.63) is 78.4 Å². The second-order valence-electron chi connectivity index (χ2n) is 14.0. The van der Waals surface area contributed by atoms with E-state index in [0.717, 1.165) is 79.1 Å². The van der Waals surface area contributed by atoms with Crippen molar-refractivity contribution in [1.82, 2.24) is 35.1 Å². The summed E-state index contributed by atoms with van der Waals surface area (Å²) in [6.45, 7) is 8.73. The maximum atomic E-state index is 13.2. The molecule has 0 radical (unpaired) electrons. The summed E-state index contributed by atoms with van der Waals surface area (Å²) in [6.07, 6.45) is 6.54. The van der Waals surface area contributed by atoms with Crippen LogP contribution in [0, 0.1) is 0 Å². The smallest absolute Gasteiger partial charge is 0.274 e. The number of rotatable bonds is 10. The molecular formula is C37H42FN9O3. The van der Waals surface area contributed by atoms with Gasteiger partial charge >= 0.3 is 0 Å². The quantitative estimate of drug-likeness (QED) is 0.214. The Kier molecular flexibility index (Phi) is 9.02. The molecule has 4 aliphatic heterocycles. The lowest BCUT2D eigenvalue weighted by Crippen LogP contribution is -2.51. The van der Waals surface area contributed by atoms with E-state index in [-0.39, 0.29) is 17.9 Å². The van der Waals surface area contributed by atoms with Gasteiger partial charge in [-0.3, -0.25) is 24.4 Å². The molecule has 12 nitrogen and oxygen atoms in total. The summed E-state index contributed by atoms with van der Waals surface area (Å²) in [6, 6.07) is 14.3. The topological polar surface area (TPSA) is 132 Å². The van der Waals surface area contributed by atoms with Crippen molar-refractivity contribution < 1.29 is 18.7 Å². The molecule has 3 N–H and O–H groups in total. The van der Waals surface area contributed by atoms with E-state index in [2.05, 4.69) is 53.0 Å². The molecule has 50 heavy (non-hydrogen) atoms. The molecule has 3 aromatic heterocycles. The van der Waals surface area contributed by atoms with E-state index in [1.54, 1.807) is 12.5 Å². The van der Waals surface area contributed by atoms with Gasteiger partial charge in [0.15, 0.2) is 0 Å². The monoisotopic (exact) mass is 679 g/mol. The van der Waals surface area contributed by atoms with E-state index in [4.69, 9.17) is 4.74 Å². The number of nitrogens with one attached hydrogen (secondary N) is 3. The van der Waals surface area contributed by atoms with Gasteiger partial charge in [-0.1, -0.05) is 18.7 Å². The predicted molar refractivity (Wildman–Crippen MR) is 189 cm³/mol. The number of fused-ring (bicyclic) bond motifs is 3. The third-order valence-corrected chi connectivity index (χ3v) is 10.3. The van der Waals surface area contributed by atoms with Crippen LogP contribution in [0.15, 0.2) is 67.1 Å². The van der Waals surface area contributed by atoms with Gasteiger partial charge in [-0.15, -0.1) is 0 Å². The molecule has 13 heteroatoms. The van der Waals surface area contributed by atoms with Crippen LogP contribution in [-0.4, -0.2) is 112 Å². The van der Waals surface area contributed by atoms with Gasteiger partial charge in [0.1, 0.15) is 29.7 Å². The molecule has 8 rings (SSSR count). The first-order valence-electron chi connectivity index (χ1n) is 17.5. The number of aromatic nitrogens is 4. The number of anilines is 2. The van der Waals surface area contributed by atoms with E-state index in [9.17, 15) is 14.0 Å². The van der Waals surface area contributed by atoms with Crippen LogP contribution >= 0.6 is 0 Å². The first-order valence-corrected chi connectivity index (χ1v) is 17.5. The maximum absolute atomic E-state index is 13.2. The Morgan fingerprint density at radius 2 is 1.78 bits per heavy atom. The highest BCUT2D eigenvalue weighted by molar-refractivity contribution is 6.03. The first-order chi connectivity index (χ1) is 24.4. The number of nitrogens with zero attached hydrogens (tertiary/aromatic N) is 6. The Labute approximate surface area is 290 Å². The average molecular weight is 680 g/mol. The molecule has 2 bridgehead atoms. The van der Waals surface area contributed by atoms with Crippen LogP contribution in [0.2, 0.25) is 0 Å². The minimum absolute atomic E-state index is 0.00472. The van der Waals surface area contributed by atoms with E-state index in [1.807, 2.05) is 41.3 Å². The Bertz CT molecular complexity index is 1880. The number of likely N-dealkylation sites (tertiary alicyclic amines) is 2. The third kappa shape index (κ3) is 6.85. The summed E-state index contributed by atoms with van der Waals surface area (Å²) in [5, 5.41) is 7.08. The fourth-order valence-electron chi connectivity index (χ4n) is 7.73. The Morgan fingerprint density at radius 3 is 2.56 bits per heavy atom. The highest BCUT2D eigenvalue weighted by Gasteiger charge is 2.39. The lowest BCUT2D eigenvalue weighted by molar-refractivity contribution is -0.119. The lowest BCUT2D eigenvalue weighted by Gasteiger charge is -2.35. The molecule has 0 unspecified atom stereocenters. The van der Waals surface area contributed by atoms with Gasteiger partial charge in [-0.05, 0) is 73.7 Å². The summed E-state index contributed by atoms with van der Waals surface area (Å²) in [5.74, 6) is 0.501. The van der Waals surface area contributed by atoms with Crippen molar-refractivity contribution in [2.75, 3.05) is 56.2 Å². The van der Waals surface area contributed by atoms with E-state index in [0.29, 0.717) is 61.8 Å².